The molecule has 1 saturated heterocycles. The fourth-order valence-corrected chi connectivity index (χ4v) is 2.66. The van der Waals surface area contributed by atoms with Crippen LogP contribution in [-0.4, -0.2) is 45.3 Å². The summed E-state index contributed by atoms with van der Waals surface area (Å²) in [5.41, 5.74) is 2.27. The van der Waals surface area contributed by atoms with Crippen molar-refractivity contribution in [3.63, 3.8) is 0 Å². The lowest BCUT2D eigenvalue weighted by Gasteiger charge is -2.28. The van der Waals surface area contributed by atoms with Crippen molar-refractivity contribution in [2.45, 2.75) is 13.5 Å². The molecule has 0 aliphatic carbocycles. The van der Waals surface area contributed by atoms with Gasteiger partial charge in [-0.2, -0.15) is 0 Å². The molecule has 1 aliphatic rings. The SMILES string of the molecule is COc1cc(CN2CCNCC2)c(C)c(Cl)c1OC. The molecule has 0 bridgehead atoms. The Hall–Kier alpha value is -0.970. The van der Waals surface area contributed by atoms with Gasteiger partial charge in [-0.25, -0.2) is 0 Å². The maximum Gasteiger partial charge on any atom is 0.179 e. The zero-order valence-electron chi connectivity index (χ0n) is 11.8. The molecule has 1 aromatic rings. The zero-order chi connectivity index (χ0) is 13.8. The Morgan fingerprint density at radius 3 is 2.53 bits per heavy atom. The van der Waals surface area contributed by atoms with Crippen LogP contribution in [0.1, 0.15) is 11.1 Å². The highest BCUT2D eigenvalue weighted by Gasteiger charge is 2.18. The third kappa shape index (κ3) is 3.14. The van der Waals surface area contributed by atoms with E-state index in [-0.39, 0.29) is 0 Å². The van der Waals surface area contributed by atoms with Crippen molar-refractivity contribution in [2.24, 2.45) is 0 Å². The second-order valence-electron chi connectivity index (χ2n) is 4.74. The first-order valence-corrected chi connectivity index (χ1v) is 6.88. The Morgan fingerprint density at radius 2 is 1.95 bits per heavy atom. The summed E-state index contributed by atoms with van der Waals surface area (Å²) in [5, 5.41) is 4.00. The number of halogens is 1. The van der Waals surface area contributed by atoms with Crippen LogP contribution in [0.5, 0.6) is 11.5 Å². The molecule has 1 fully saturated rings. The molecule has 5 heteroatoms. The van der Waals surface area contributed by atoms with E-state index in [4.69, 9.17) is 21.1 Å². The summed E-state index contributed by atoms with van der Waals surface area (Å²) in [7, 11) is 3.25. The molecule has 1 aliphatic heterocycles. The molecule has 1 N–H and O–H groups in total. The number of benzene rings is 1. The lowest BCUT2D eigenvalue weighted by atomic mass is 10.1. The number of hydrogen-bond donors (Lipinski definition) is 1. The van der Waals surface area contributed by atoms with Crippen LogP contribution >= 0.6 is 11.6 Å². The van der Waals surface area contributed by atoms with Crippen molar-refractivity contribution in [1.82, 2.24) is 10.2 Å². The van der Waals surface area contributed by atoms with Gasteiger partial charge in [0.05, 0.1) is 19.2 Å². The lowest BCUT2D eigenvalue weighted by Crippen LogP contribution is -2.43. The molecule has 0 aromatic heterocycles. The first-order chi connectivity index (χ1) is 9.17. The minimum absolute atomic E-state index is 0.616. The maximum absolute atomic E-state index is 6.36. The third-order valence-corrected chi connectivity index (χ3v) is 4.02. The van der Waals surface area contributed by atoms with Crippen LogP contribution in [-0.2, 0) is 6.54 Å². The van der Waals surface area contributed by atoms with E-state index in [0.29, 0.717) is 16.5 Å². The first-order valence-electron chi connectivity index (χ1n) is 6.50. The smallest absolute Gasteiger partial charge is 0.179 e. The van der Waals surface area contributed by atoms with Crippen molar-refractivity contribution in [3.8, 4) is 11.5 Å². The van der Waals surface area contributed by atoms with E-state index in [1.54, 1.807) is 14.2 Å². The van der Waals surface area contributed by atoms with E-state index in [9.17, 15) is 0 Å². The fraction of sp³-hybridized carbons (Fsp3) is 0.571. The average molecular weight is 285 g/mol. The van der Waals surface area contributed by atoms with Gasteiger partial charge < -0.3 is 14.8 Å². The van der Waals surface area contributed by atoms with Crippen LogP contribution in [0.3, 0.4) is 0 Å². The summed E-state index contributed by atoms with van der Waals surface area (Å²) in [5.74, 6) is 1.31. The molecule has 0 atom stereocenters. The van der Waals surface area contributed by atoms with Gasteiger partial charge in [-0.3, -0.25) is 4.90 Å². The molecule has 0 amide bonds. The summed E-state index contributed by atoms with van der Waals surface area (Å²) in [6.07, 6.45) is 0. The Labute approximate surface area is 119 Å². The second kappa shape index (κ2) is 6.46. The minimum Gasteiger partial charge on any atom is -0.493 e. The predicted molar refractivity (Wildman–Crippen MR) is 77.4 cm³/mol. The molecular weight excluding hydrogens is 264 g/mol. The summed E-state index contributed by atoms with van der Waals surface area (Å²) in [6, 6.07) is 2.03. The predicted octanol–water partition coefficient (Wildman–Crippen LogP) is 2.07. The van der Waals surface area contributed by atoms with Crippen LogP contribution in [0.25, 0.3) is 0 Å². The van der Waals surface area contributed by atoms with Gasteiger partial charge in [-0.15, -0.1) is 0 Å². The van der Waals surface area contributed by atoms with Crippen LogP contribution in [0.4, 0.5) is 0 Å². The van der Waals surface area contributed by atoms with Gasteiger partial charge in [-0.05, 0) is 24.1 Å². The van der Waals surface area contributed by atoms with E-state index in [1.807, 2.05) is 13.0 Å². The van der Waals surface area contributed by atoms with Crippen LogP contribution in [0.2, 0.25) is 5.02 Å². The lowest BCUT2D eigenvalue weighted by molar-refractivity contribution is 0.232. The largest absolute Gasteiger partial charge is 0.493 e. The fourth-order valence-electron chi connectivity index (χ4n) is 2.37. The van der Waals surface area contributed by atoms with Crippen molar-refractivity contribution in [1.29, 1.82) is 0 Å². The average Bonchev–Trinajstić information content (AvgIpc) is 2.45. The van der Waals surface area contributed by atoms with E-state index in [2.05, 4.69) is 10.2 Å². The van der Waals surface area contributed by atoms with Crippen molar-refractivity contribution < 1.29 is 9.47 Å². The Balaban J connectivity index is 2.26. The number of nitrogens with one attached hydrogen (secondary N) is 1. The minimum atomic E-state index is 0.616. The van der Waals surface area contributed by atoms with E-state index < -0.39 is 0 Å². The third-order valence-electron chi connectivity index (χ3n) is 3.57. The molecule has 19 heavy (non-hydrogen) atoms. The maximum atomic E-state index is 6.36. The molecule has 106 valence electrons. The standard InChI is InChI=1S/C14H21ClN2O2/c1-10-11(9-17-6-4-16-5-7-17)8-12(18-2)14(19-3)13(10)15/h8,16H,4-7,9H2,1-3H3. The molecule has 1 aromatic carbocycles. The normalized spacial score (nSPS) is 16.4. The van der Waals surface area contributed by atoms with E-state index in [1.165, 1.54) is 5.56 Å². The molecule has 0 radical (unpaired) electrons. The van der Waals surface area contributed by atoms with Gasteiger partial charge in [0.25, 0.3) is 0 Å². The highest BCUT2D eigenvalue weighted by molar-refractivity contribution is 6.33. The van der Waals surface area contributed by atoms with Gasteiger partial charge in [0.15, 0.2) is 11.5 Å². The Bertz CT molecular complexity index is 446. The first kappa shape index (κ1) is 14.4. The topological polar surface area (TPSA) is 33.7 Å². The molecule has 0 spiro atoms. The monoisotopic (exact) mass is 284 g/mol. The van der Waals surface area contributed by atoms with Crippen molar-refractivity contribution >= 4 is 11.6 Å². The zero-order valence-corrected chi connectivity index (χ0v) is 12.5. The molecule has 1 heterocycles. The van der Waals surface area contributed by atoms with Crippen LogP contribution in [0, 0.1) is 6.92 Å². The van der Waals surface area contributed by atoms with Gasteiger partial charge in [0, 0.05) is 32.7 Å². The molecule has 0 unspecified atom stereocenters. The Morgan fingerprint density at radius 1 is 1.26 bits per heavy atom. The summed E-state index contributed by atoms with van der Waals surface area (Å²) < 4.78 is 10.7. The summed E-state index contributed by atoms with van der Waals surface area (Å²) in [4.78, 5) is 2.42. The second-order valence-corrected chi connectivity index (χ2v) is 5.11. The molecule has 0 saturated carbocycles. The van der Waals surface area contributed by atoms with Gasteiger partial charge >= 0.3 is 0 Å². The molecule has 2 rings (SSSR count). The number of ether oxygens (including phenoxy) is 2. The molecule has 4 nitrogen and oxygen atoms in total. The Kier molecular flexibility index (Phi) is 4.91. The highest BCUT2D eigenvalue weighted by atomic mass is 35.5. The van der Waals surface area contributed by atoms with Crippen LogP contribution in [0.15, 0.2) is 6.07 Å². The number of rotatable bonds is 4. The van der Waals surface area contributed by atoms with Crippen molar-refractivity contribution in [3.05, 3.63) is 22.2 Å². The van der Waals surface area contributed by atoms with Crippen molar-refractivity contribution in [2.75, 3.05) is 40.4 Å². The number of piperazine rings is 1. The number of methoxy groups -OCH3 is 2. The summed E-state index contributed by atoms with van der Waals surface area (Å²) >= 11 is 6.36. The van der Waals surface area contributed by atoms with E-state index >= 15 is 0 Å². The van der Waals surface area contributed by atoms with Gasteiger partial charge in [0.1, 0.15) is 0 Å². The van der Waals surface area contributed by atoms with Crippen LogP contribution < -0.4 is 14.8 Å². The highest BCUT2D eigenvalue weighted by Crippen LogP contribution is 2.39. The molecular formula is C14H21ClN2O2. The van der Waals surface area contributed by atoms with Gasteiger partial charge in [0.2, 0.25) is 0 Å². The number of nitrogens with zero attached hydrogens (tertiary/aromatic N) is 1. The summed E-state index contributed by atoms with van der Waals surface area (Å²) in [6.45, 7) is 7.13. The van der Waals surface area contributed by atoms with Gasteiger partial charge in [-0.1, -0.05) is 11.6 Å². The van der Waals surface area contributed by atoms with E-state index in [0.717, 1.165) is 38.3 Å². The number of hydrogen-bond acceptors (Lipinski definition) is 4. The quantitative estimate of drug-likeness (QED) is 0.918.